The number of aromatic nitrogens is 2. The van der Waals surface area contributed by atoms with E-state index in [1.807, 2.05) is 18.7 Å². The van der Waals surface area contributed by atoms with Gasteiger partial charge in [-0.3, -0.25) is 0 Å². The fourth-order valence-corrected chi connectivity index (χ4v) is 2.07. The monoisotopic (exact) mass is 273 g/mol. The van der Waals surface area contributed by atoms with Crippen LogP contribution in [-0.2, 0) is 6.54 Å². The minimum absolute atomic E-state index is 0.630. The molecule has 0 aliphatic rings. The molecule has 1 heterocycles. The van der Waals surface area contributed by atoms with E-state index >= 15 is 0 Å². The summed E-state index contributed by atoms with van der Waals surface area (Å²) in [5, 5.41) is 1.05. The molecule has 0 unspecified atom stereocenters. The van der Waals surface area contributed by atoms with Gasteiger partial charge in [0.05, 0.1) is 6.33 Å². The lowest BCUT2D eigenvalue weighted by Gasteiger charge is -2.25. The summed E-state index contributed by atoms with van der Waals surface area (Å²) in [6, 6.07) is 0.630. The van der Waals surface area contributed by atoms with Gasteiger partial charge < -0.3 is 9.47 Å². The number of hydrogen-bond donors (Lipinski definition) is 0. The van der Waals surface area contributed by atoms with Gasteiger partial charge in [0.2, 0.25) is 0 Å². The summed E-state index contributed by atoms with van der Waals surface area (Å²) in [6.45, 7) is 7.84. The van der Waals surface area contributed by atoms with E-state index in [1.165, 1.54) is 6.42 Å². The van der Waals surface area contributed by atoms with Gasteiger partial charge in [-0.1, -0.05) is 15.9 Å². The van der Waals surface area contributed by atoms with E-state index in [9.17, 15) is 0 Å². The molecule has 0 atom stereocenters. The van der Waals surface area contributed by atoms with E-state index in [-0.39, 0.29) is 0 Å². The van der Waals surface area contributed by atoms with Crippen molar-refractivity contribution in [3.63, 3.8) is 0 Å². The van der Waals surface area contributed by atoms with Gasteiger partial charge in [-0.2, -0.15) is 0 Å². The van der Waals surface area contributed by atoms with Crippen molar-refractivity contribution in [3.8, 4) is 0 Å². The predicted octanol–water partition coefficient (Wildman–Crippen LogP) is 2.38. The summed E-state index contributed by atoms with van der Waals surface area (Å²) in [4.78, 5) is 6.52. The summed E-state index contributed by atoms with van der Waals surface area (Å²) in [5.41, 5.74) is 0. The van der Waals surface area contributed by atoms with Crippen LogP contribution < -0.4 is 0 Å². The minimum Gasteiger partial charge on any atom is -0.337 e. The van der Waals surface area contributed by atoms with Crippen LogP contribution in [-0.4, -0.2) is 38.9 Å². The first-order valence-corrected chi connectivity index (χ1v) is 6.62. The average Bonchev–Trinajstić information content (AvgIpc) is 2.69. The molecule has 1 aromatic heterocycles. The van der Waals surface area contributed by atoms with Crippen LogP contribution in [0.3, 0.4) is 0 Å². The second kappa shape index (κ2) is 7.01. The normalized spacial score (nSPS) is 11.5. The van der Waals surface area contributed by atoms with Crippen LogP contribution in [0.4, 0.5) is 0 Å². The van der Waals surface area contributed by atoms with Crippen LogP contribution in [0.1, 0.15) is 20.3 Å². The molecule has 4 heteroatoms. The number of imidazole rings is 1. The highest BCUT2D eigenvalue weighted by molar-refractivity contribution is 9.09. The first kappa shape index (κ1) is 12.7. The van der Waals surface area contributed by atoms with E-state index in [0.29, 0.717) is 6.04 Å². The second-order valence-corrected chi connectivity index (χ2v) is 4.77. The van der Waals surface area contributed by atoms with Crippen LogP contribution in [0.15, 0.2) is 18.7 Å². The van der Waals surface area contributed by atoms with Crippen LogP contribution >= 0.6 is 15.9 Å². The zero-order valence-corrected chi connectivity index (χ0v) is 11.2. The SMILES string of the molecule is CC(C)N(CCBr)CCCn1ccnc1. The lowest BCUT2D eigenvalue weighted by Crippen LogP contribution is -2.33. The Kier molecular flexibility index (Phi) is 5.95. The maximum atomic E-state index is 4.03. The van der Waals surface area contributed by atoms with Crippen molar-refractivity contribution in [2.75, 3.05) is 18.4 Å². The molecule has 0 N–H and O–H groups in total. The fourth-order valence-electron chi connectivity index (χ4n) is 1.61. The third-order valence-corrected chi connectivity index (χ3v) is 2.88. The fraction of sp³-hybridized carbons (Fsp3) is 0.727. The van der Waals surface area contributed by atoms with Crippen molar-refractivity contribution >= 4 is 15.9 Å². The highest BCUT2D eigenvalue weighted by Gasteiger charge is 2.07. The summed E-state index contributed by atoms with van der Waals surface area (Å²) in [7, 11) is 0. The van der Waals surface area contributed by atoms with Gasteiger partial charge in [0, 0.05) is 43.4 Å². The Labute approximate surface area is 101 Å². The predicted molar refractivity (Wildman–Crippen MR) is 67.3 cm³/mol. The van der Waals surface area contributed by atoms with Crippen molar-refractivity contribution in [3.05, 3.63) is 18.7 Å². The van der Waals surface area contributed by atoms with Gasteiger partial charge in [-0.05, 0) is 20.3 Å². The molecule has 86 valence electrons. The van der Waals surface area contributed by atoms with Crippen LogP contribution in [0, 0.1) is 0 Å². The molecule has 0 saturated carbocycles. The van der Waals surface area contributed by atoms with E-state index < -0.39 is 0 Å². The highest BCUT2D eigenvalue weighted by atomic mass is 79.9. The molecule has 1 rings (SSSR count). The van der Waals surface area contributed by atoms with Crippen molar-refractivity contribution in [1.82, 2.24) is 14.5 Å². The first-order valence-electron chi connectivity index (χ1n) is 5.49. The van der Waals surface area contributed by atoms with E-state index in [0.717, 1.165) is 25.0 Å². The molecule has 0 saturated heterocycles. The summed E-state index contributed by atoms with van der Waals surface area (Å²) in [5.74, 6) is 0. The lowest BCUT2D eigenvalue weighted by molar-refractivity contribution is 0.229. The molecule has 0 radical (unpaired) electrons. The smallest absolute Gasteiger partial charge is 0.0945 e. The molecule has 1 aromatic rings. The van der Waals surface area contributed by atoms with Crippen LogP contribution in [0.5, 0.6) is 0 Å². The highest BCUT2D eigenvalue weighted by Crippen LogP contribution is 2.02. The zero-order chi connectivity index (χ0) is 11.1. The Bertz CT molecular complexity index is 246. The number of rotatable bonds is 7. The zero-order valence-electron chi connectivity index (χ0n) is 9.56. The van der Waals surface area contributed by atoms with Gasteiger partial charge in [-0.25, -0.2) is 4.98 Å². The third kappa shape index (κ3) is 4.80. The van der Waals surface area contributed by atoms with Crippen molar-refractivity contribution in [2.24, 2.45) is 0 Å². The quantitative estimate of drug-likeness (QED) is 0.712. The molecule has 0 aliphatic carbocycles. The topological polar surface area (TPSA) is 21.1 Å². The number of aryl methyl sites for hydroxylation is 1. The Morgan fingerprint density at radius 1 is 1.40 bits per heavy atom. The second-order valence-electron chi connectivity index (χ2n) is 3.97. The van der Waals surface area contributed by atoms with Crippen molar-refractivity contribution in [2.45, 2.75) is 32.9 Å². The Morgan fingerprint density at radius 2 is 2.20 bits per heavy atom. The molecule has 0 aromatic carbocycles. The number of nitrogens with zero attached hydrogens (tertiary/aromatic N) is 3. The van der Waals surface area contributed by atoms with E-state index in [1.54, 1.807) is 0 Å². The number of hydrogen-bond acceptors (Lipinski definition) is 2. The van der Waals surface area contributed by atoms with Gasteiger partial charge in [0.1, 0.15) is 0 Å². The van der Waals surface area contributed by atoms with Crippen molar-refractivity contribution in [1.29, 1.82) is 0 Å². The standard InChI is InChI=1S/C11H20BrN3/c1-11(2)15(8-4-12)7-3-6-14-9-5-13-10-14/h5,9-11H,3-4,6-8H2,1-2H3. The molecular formula is C11H20BrN3. The van der Waals surface area contributed by atoms with Gasteiger partial charge >= 0.3 is 0 Å². The van der Waals surface area contributed by atoms with Gasteiger partial charge in [0.15, 0.2) is 0 Å². The average molecular weight is 274 g/mol. The van der Waals surface area contributed by atoms with Crippen LogP contribution in [0.25, 0.3) is 0 Å². The third-order valence-electron chi connectivity index (χ3n) is 2.52. The molecule has 0 bridgehead atoms. The molecule has 15 heavy (non-hydrogen) atoms. The first-order chi connectivity index (χ1) is 7.24. The van der Waals surface area contributed by atoms with Crippen molar-refractivity contribution < 1.29 is 0 Å². The van der Waals surface area contributed by atoms with Gasteiger partial charge in [-0.15, -0.1) is 0 Å². The maximum Gasteiger partial charge on any atom is 0.0945 e. The Balaban J connectivity index is 2.22. The summed E-state index contributed by atoms with van der Waals surface area (Å²) < 4.78 is 2.13. The molecule has 0 amide bonds. The van der Waals surface area contributed by atoms with Crippen LogP contribution in [0.2, 0.25) is 0 Å². The molecule has 0 aliphatic heterocycles. The summed E-state index contributed by atoms with van der Waals surface area (Å²) >= 11 is 3.49. The van der Waals surface area contributed by atoms with E-state index in [2.05, 4.69) is 44.2 Å². The molecule has 0 spiro atoms. The molecule has 3 nitrogen and oxygen atoms in total. The molecule has 0 fully saturated rings. The number of halogens is 1. The lowest BCUT2D eigenvalue weighted by atomic mass is 10.3. The summed E-state index contributed by atoms with van der Waals surface area (Å²) in [6.07, 6.45) is 6.91. The van der Waals surface area contributed by atoms with Gasteiger partial charge in [0.25, 0.3) is 0 Å². The number of alkyl halides is 1. The largest absolute Gasteiger partial charge is 0.337 e. The minimum atomic E-state index is 0.630. The van der Waals surface area contributed by atoms with E-state index in [4.69, 9.17) is 0 Å². The Morgan fingerprint density at radius 3 is 2.73 bits per heavy atom. The maximum absolute atomic E-state index is 4.03. The Hall–Kier alpha value is -0.350. The molecular weight excluding hydrogens is 254 g/mol.